The number of carbonyl (C=O) groups excluding carboxylic acids is 1. The molecule has 1 aromatic rings. The van der Waals surface area contributed by atoms with Crippen LogP contribution in [-0.2, 0) is 20.7 Å². The molecular formula is C20H29NO5. The molecule has 26 heavy (non-hydrogen) atoms. The highest BCUT2D eigenvalue weighted by atomic mass is 16.5. The lowest BCUT2D eigenvalue weighted by atomic mass is 9.79. The van der Waals surface area contributed by atoms with Crippen molar-refractivity contribution in [2.75, 3.05) is 35.0 Å². The van der Waals surface area contributed by atoms with Gasteiger partial charge in [-0.2, -0.15) is 0 Å². The SMILES string of the molecule is COc1ccc(CC(=O)N2CCC3(OC)CCC(OC)CC23)cc1OC. The number of hydrogen-bond acceptors (Lipinski definition) is 5. The highest BCUT2D eigenvalue weighted by Crippen LogP contribution is 2.43. The predicted molar refractivity (Wildman–Crippen MR) is 97.8 cm³/mol. The molecule has 1 saturated carbocycles. The number of likely N-dealkylation sites (tertiary alicyclic amines) is 1. The van der Waals surface area contributed by atoms with Crippen LogP contribution in [0.5, 0.6) is 11.5 Å². The molecule has 0 aromatic heterocycles. The summed E-state index contributed by atoms with van der Waals surface area (Å²) in [5.41, 5.74) is 0.698. The maximum atomic E-state index is 13.0. The standard InChI is InChI=1S/C20H29NO5/c1-23-15-7-8-20(26-4)9-10-21(18(20)13-15)19(22)12-14-5-6-16(24-2)17(11-14)25-3/h5-6,11,15,18H,7-10,12-13H2,1-4H3. The van der Waals surface area contributed by atoms with Crippen molar-refractivity contribution in [1.82, 2.24) is 4.90 Å². The van der Waals surface area contributed by atoms with Gasteiger partial charge in [-0.3, -0.25) is 4.79 Å². The molecule has 2 fully saturated rings. The first-order chi connectivity index (χ1) is 12.6. The lowest BCUT2D eigenvalue weighted by Crippen LogP contribution is -2.53. The first-order valence-corrected chi connectivity index (χ1v) is 9.15. The summed E-state index contributed by atoms with van der Waals surface area (Å²) in [4.78, 5) is 15.0. The summed E-state index contributed by atoms with van der Waals surface area (Å²) < 4.78 is 22.1. The van der Waals surface area contributed by atoms with Crippen molar-refractivity contribution in [3.05, 3.63) is 23.8 Å². The van der Waals surface area contributed by atoms with Crippen molar-refractivity contribution in [1.29, 1.82) is 0 Å². The van der Waals surface area contributed by atoms with Gasteiger partial charge in [0.15, 0.2) is 11.5 Å². The summed E-state index contributed by atoms with van der Waals surface area (Å²) in [5, 5.41) is 0. The smallest absolute Gasteiger partial charge is 0.227 e. The molecule has 1 heterocycles. The zero-order valence-corrected chi connectivity index (χ0v) is 16.1. The van der Waals surface area contributed by atoms with Gasteiger partial charge in [0.25, 0.3) is 0 Å². The summed E-state index contributed by atoms with van der Waals surface area (Å²) in [7, 11) is 6.72. The van der Waals surface area contributed by atoms with E-state index >= 15 is 0 Å². The molecule has 3 rings (SSSR count). The summed E-state index contributed by atoms with van der Waals surface area (Å²) in [5.74, 6) is 1.43. The molecule has 3 unspecified atom stereocenters. The van der Waals surface area contributed by atoms with Crippen LogP contribution in [0, 0.1) is 0 Å². The van der Waals surface area contributed by atoms with Crippen molar-refractivity contribution in [3.63, 3.8) is 0 Å². The number of benzene rings is 1. The Balaban J connectivity index is 1.75. The Labute approximate surface area is 155 Å². The van der Waals surface area contributed by atoms with Gasteiger partial charge in [-0.05, 0) is 43.4 Å². The summed E-state index contributed by atoms with van der Waals surface area (Å²) in [6.45, 7) is 0.737. The lowest BCUT2D eigenvalue weighted by molar-refractivity contribution is -0.140. The van der Waals surface area contributed by atoms with Gasteiger partial charge in [0, 0.05) is 20.8 Å². The second-order valence-electron chi connectivity index (χ2n) is 7.12. The number of fused-ring (bicyclic) bond motifs is 1. The van der Waals surface area contributed by atoms with Gasteiger partial charge >= 0.3 is 0 Å². The third-order valence-corrected chi connectivity index (χ3v) is 6.00. The van der Waals surface area contributed by atoms with Crippen LogP contribution in [0.15, 0.2) is 18.2 Å². The zero-order valence-electron chi connectivity index (χ0n) is 16.1. The van der Waals surface area contributed by atoms with Gasteiger partial charge in [-0.25, -0.2) is 0 Å². The third-order valence-electron chi connectivity index (χ3n) is 6.00. The van der Waals surface area contributed by atoms with E-state index in [2.05, 4.69) is 0 Å². The number of ether oxygens (including phenoxy) is 4. The monoisotopic (exact) mass is 363 g/mol. The van der Waals surface area contributed by atoms with Gasteiger partial charge < -0.3 is 23.8 Å². The van der Waals surface area contributed by atoms with Crippen LogP contribution in [0.4, 0.5) is 0 Å². The highest BCUT2D eigenvalue weighted by Gasteiger charge is 2.52. The van der Waals surface area contributed by atoms with E-state index in [1.165, 1.54) is 0 Å². The molecule has 1 saturated heterocycles. The first-order valence-electron chi connectivity index (χ1n) is 9.15. The minimum Gasteiger partial charge on any atom is -0.493 e. The van der Waals surface area contributed by atoms with Crippen molar-refractivity contribution in [3.8, 4) is 11.5 Å². The number of amides is 1. The molecule has 6 heteroatoms. The Morgan fingerprint density at radius 2 is 1.92 bits per heavy atom. The second-order valence-corrected chi connectivity index (χ2v) is 7.12. The number of carbonyl (C=O) groups is 1. The van der Waals surface area contributed by atoms with Crippen LogP contribution >= 0.6 is 0 Å². The second kappa shape index (κ2) is 7.84. The molecule has 1 aliphatic carbocycles. The maximum Gasteiger partial charge on any atom is 0.227 e. The van der Waals surface area contributed by atoms with E-state index in [9.17, 15) is 4.79 Å². The van der Waals surface area contributed by atoms with Crippen molar-refractivity contribution >= 4 is 5.91 Å². The number of rotatable bonds is 6. The van der Waals surface area contributed by atoms with E-state index in [-0.39, 0.29) is 23.7 Å². The van der Waals surface area contributed by atoms with E-state index in [4.69, 9.17) is 18.9 Å². The van der Waals surface area contributed by atoms with Crippen LogP contribution in [0.3, 0.4) is 0 Å². The third kappa shape index (κ3) is 3.40. The minimum atomic E-state index is -0.220. The Kier molecular flexibility index (Phi) is 5.73. The molecule has 6 nitrogen and oxygen atoms in total. The highest BCUT2D eigenvalue weighted by molar-refractivity contribution is 5.80. The Hall–Kier alpha value is -1.79. The van der Waals surface area contributed by atoms with E-state index in [1.54, 1.807) is 28.4 Å². The van der Waals surface area contributed by atoms with E-state index < -0.39 is 0 Å². The predicted octanol–water partition coefficient (Wildman–Crippen LogP) is 2.43. The van der Waals surface area contributed by atoms with Crippen LogP contribution in [0.1, 0.15) is 31.2 Å². The van der Waals surface area contributed by atoms with Crippen LogP contribution < -0.4 is 9.47 Å². The normalized spacial score (nSPS) is 27.9. The average molecular weight is 363 g/mol. The lowest BCUT2D eigenvalue weighted by Gasteiger charge is -2.43. The van der Waals surface area contributed by atoms with Crippen LogP contribution in [0.25, 0.3) is 0 Å². The van der Waals surface area contributed by atoms with Gasteiger partial charge in [0.05, 0.1) is 38.4 Å². The largest absolute Gasteiger partial charge is 0.493 e. The summed E-state index contributed by atoms with van der Waals surface area (Å²) in [6, 6.07) is 5.71. The number of hydrogen-bond donors (Lipinski definition) is 0. The first kappa shape index (κ1) is 19.0. The Bertz CT molecular complexity index is 649. The Morgan fingerprint density at radius 1 is 1.15 bits per heavy atom. The Morgan fingerprint density at radius 3 is 2.58 bits per heavy atom. The molecule has 0 radical (unpaired) electrons. The van der Waals surface area contributed by atoms with Crippen molar-refractivity contribution < 1.29 is 23.7 Å². The van der Waals surface area contributed by atoms with Crippen LogP contribution in [-0.4, -0.2) is 63.5 Å². The van der Waals surface area contributed by atoms with Crippen molar-refractivity contribution in [2.24, 2.45) is 0 Å². The van der Waals surface area contributed by atoms with Gasteiger partial charge in [-0.15, -0.1) is 0 Å². The maximum absolute atomic E-state index is 13.0. The fourth-order valence-corrected chi connectivity index (χ4v) is 4.44. The fraction of sp³-hybridized carbons (Fsp3) is 0.650. The summed E-state index contributed by atoms with van der Waals surface area (Å²) in [6.07, 6.45) is 4.18. The van der Waals surface area contributed by atoms with Gasteiger partial charge in [-0.1, -0.05) is 6.07 Å². The molecule has 144 valence electrons. The van der Waals surface area contributed by atoms with Gasteiger partial charge in [0.1, 0.15) is 0 Å². The average Bonchev–Trinajstić information content (AvgIpc) is 3.06. The van der Waals surface area contributed by atoms with E-state index in [0.29, 0.717) is 17.9 Å². The number of methoxy groups -OCH3 is 4. The molecular weight excluding hydrogens is 334 g/mol. The quantitative estimate of drug-likeness (QED) is 0.777. The molecule has 1 aromatic carbocycles. The summed E-state index contributed by atoms with van der Waals surface area (Å²) >= 11 is 0. The van der Waals surface area contributed by atoms with Gasteiger partial charge in [0.2, 0.25) is 5.91 Å². The topological polar surface area (TPSA) is 57.2 Å². The molecule has 0 bridgehead atoms. The zero-order chi connectivity index (χ0) is 18.7. The molecule has 2 aliphatic rings. The molecule has 1 amide bonds. The fourth-order valence-electron chi connectivity index (χ4n) is 4.44. The molecule has 0 spiro atoms. The van der Waals surface area contributed by atoms with E-state index in [1.807, 2.05) is 23.1 Å². The molecule has 3 atom stereocenters. The number of nitrogens with zero attached hydrogens (tertiary/aromatic N) is 1. The molecule has 0 N–H and O–H groups in total. The van der Waals surface area contributed by atoms with Crippen molar-refractivity contribution in [2.45, 2.75) is 49.9 Å². The molecule has 1 aliphatic heterocycles. The minimum absolute atomic E-state index is 0.0823. The van der Waals surface area contributed by atoms with E-state index in [0.717, 1.165) is 37.8 Å². The van der Waals surface area contributed by atoms with Crippen LogP contribution in [0.2, 0.25) is 0 Å².